The molecule has 1 atom stereocenters. The normalized spacial score (nSPS) is 15.9. The third-order valence-corrected chi connectivity index (χ3v) is 9.14. The number of hydrazone groups is 1. The Balaban J connectivity index is 1.33. The van der Waals surface area contributed by atoms with Gasteiger partial charge in [-0.05, 0) is 12.1 Å². The number of ether oxygens (including phenoxy) is 1. The monoisotopic (exact) mass is 531 g/mol. The quantitative estimate of drug-likeness (QED) is 0.141. The first-order valence-electron chi connectivity index (χ1n) is 11.6. The number of nitrogens with one attached hydrogen (secondary N) is 2. The number of hydrogen-bond acceptors (Lipinski definition) is 10. The van der Waals surface area contributed by atoms with E-state index in [2.05, 4.69) is 35.0 Å². The van der Waals surface area contributed by atoms with Gasteiger partial charge in [0.25, 0.3) is 0 Å². The van der Waals surface area contributed by atoms with Crippen molar-refractivity contribution in [3.63, 3.8) is 0 Å². The summed E-state index contributed by atoms with van der Waals surface area (Å²) in [6, 6.07) is 1.14. The molecule has 1 aliphatic rings. The van der Waals surface area contributed by atoms with Crippen LogP contribution in [0.2, 0.25) is 25.7 Å². The molecule has 0 radical (unpaired) electrons. The maximum Gasteiger partial charge on any atom is 0.184 e. The van der Waals surface area contributed by atoms with Gasteiger partial charge >= 0.3 is 0 Å². The number of nitrogens with zero attached hydrogens (tertiary/aromatic N) is 5. The number of aliphatic hydroxyl groups is 1. The van der Waals surface area contributed by atoms with E-state index in [-0.39, 0.29) is 0 Å². The summed E-state index contributed by atoms with van der Waals surface area (Å²) in [4.78, 5) is 9.06. The minimum absolute atomic E-state index is 0.447. The Morgan fingerprint density at radius 2 is 2.20 bits per heavy atom. The number of aryl methyl sites for hydroxylation is 1. The van der Waals surface area contributed by atoms with Gasteiger partial charge in [-0.3, -0.25) is 5.01 Å². The fourth-order valence-corrected chi connectivity index (χ4v) is 6.21. The van der Waals surface area contributed by atoms with Crippen LogP contribution in [0.3, 0.4) is 0 Å². The second kappa shape index (κ2) is 11.1. The Morgan fingerprint density at radius 3 is 2.94 bits per heavy atom. The van der Waals surface area contributed by atoms with Gasteiger partial charge in [0.15, 0.2) is 11.9 Å². The van der Waals surface area contributed by atoms with Crippen molar-refractivity contribution >= 4 is 53.0 Å². The zero-order chi connectivity index (χ0) is 25.0. The van der Waals surface area contributed by atoms with Crippen molar-refractivity contribution < 1.29 is 9.84 Å². The van der Waals surface area contributed by atoms with E-state index < -0.39 is 14.3 Å². The van der Waals surface area contributed by atoms with E-state index in [0.29, 0.717) is 25.4 Å². The summed E-state index contributed by atoms with van der Waals surface area (Å²) < 4.78 is 8.54. The molecule has 0 aliphatic carbocycles. The van der Waals surface area contributed by atoms with Gasteiger partial charge < -0.3 is 25.1 Å². The third-order valence-electron chi connectivity index (χ3n) is 5.72. The lowest BCUT2D eigenvalue weighted by Gasteiger charge is -2.28. The number of aliphatic hydroxyl groups excluding tert-OH is 1. The maximum atomic E-state index is 11.0. The highest BCUT2D eigenvalue weighted by Gasteiger charge is 2.30. The van der Waals surface area contributed by atoms with Crippen molar-refractivity contribution in [1.29, 1.82) is 5.41 Å². The second-order valence-electron chi connectivity index (χ2n) is 9.73. The van der Waals surface area contributed by atoms with Gasteiger partial charge in [0, 0.05) is 64.0 Å². The molecule has 4 rings (SSSR count). The van der Waals surface area contributed by atoms with E-state index in [9.17, 15) is 5.11 Å². The van der Waals surface area contributed by atoms with Crippen LogP contribution in [-0.2, 0) is 24.6 Å². The summed E-state index contributed by atoms with van der Waals surface area (Å²) in [7, 11) is 0.850. The fourth-order valence-electron chi connectivity index (χ4n) is 3.73. The summed E-state index contributed by atoms with van der Waals surface area (Å²) >= 11 is 3.12. The highest BCUT2D eigenvalue weighted by molar-refractivity contribution is 7.19. The largest absolute Gasteiger partial charge is 0.369 e. The summed E-state index contributed by atoms with van der Waals surface area (Å²) in [6.45, 7) is 8.79. The molecule has 0 fully saturated rings. The predicted molar refractivity (Wildman–Crippen MR) is 146 cm³/mol. The van der Waals surface area contributed by atoms with Gasteiger partial charge in [-0.15, -0.1) is 22.7 Å². The molecule has 0 saturated heterocycles. The van der Waals surface area contributed by atoms with Gasteiger partial charge in [0.05, 0.1) is 27.8 Å². The molecular weight excluding hydrogens is 499 g/mol. The topological polar surface area (TPSA) is 112 Å². The Hall–Kier alpha value is -2.38. The molecule has 1 aliphatic heterocycles. The summed E-state index contributed by atoms with van der Waals surface area (Å²) in [5.41, 5.74) is 5.80. The van der Waals surface area contributed by atoms with E-state index in [4.69, 9.17) is 15.1 Å². The number of rotatable bonds is 12. The van der Waals surface area contributed by atoms with Gasteiger partial charge in [-0.2, -0.15) is 5.10 Å². The molecule has 3 N–H and O–H groups in total. The van der Waals surface area contributed by atoms with Crippen molar-refractivity contribution in [2.45, 2.75) is 44.8 Å². The molecule has 1 unspecified atom stereocenters. The Kier molecular flexibility index (Phi) is 8.17. The van der Waals surface area contributed by atoms with Crippen molar-refractivity contribution in [3.05, 3.63) is 45.1 Å². The molecular formula is C23H33N7O2S2Si. The van der Waals surface area contributed by atoms with Crippen LogP contribution in [-0.4, -0.2) is 64.5 Å². The molecule has 0 spiro atoms. The minimum Gasteiger partial charge on any atom is -0.369 e. The first-order chi connectivity index (χ1) is 16.7. The lowest BCUT2D eigenvalue weighted by atomic mass is 10.2. The maximum absolute atomic E-state index is 11.0. The third kappa shape index (κ3) is 6.44. The van der Waals surface area contributed by atoms with Crippen LogP contribution in [0.15, 0.2) is 28.3 Å². The van der Waals surface area contributed by atoms with Crippen LogP contribution in [0.25, 0.3) is 10.3 Å². The molecule has 4 heterocycles. The van der Waals surface area contributed by atoms with Crippen LogP contribution < -0.4 is 5.32 Å². The standard InChI is InChI=1S/C23H33N7O2S2Si/c1-29-20-18(12-27-30(23(20)31)8-6-17-13-33-15-26-17)21-22(29)28-19(34-21)11-16(24)5-7-25-14-32-9-10-35(2,3)4/h5,7,12-13,15,23-25,31H,6,8-11,14H2,1-4H3/b7-5-,24-16?. The van der Waals surface area contributed by atoms with E-state index in [0.717, 1.165) is 51.4 Å². The average Bonchev–Trinajstić information content (AvgIpc) is 3.51. The Labute approximate surface area is 214 Å². The van der Waals surface area contributed by atoms with Gasteiger partial charge in [0.1, 0.15) is 11.7 Å². The van der Waals surface area contributed by atoms with E-state index >= 15 is 0 Å². The highest BCUT2D eigenvalue weighted by atomic mass is 32.1. The molecule has 0 aromatic carbocycles. The summed E-state index contributed by atoms with van der Waals surface area (Å²) in [5, 5.41) is 31.4. The first-order valence-corrected chi connectivity index (χ1v) is 17.1. The van der Waals surface area contributed by atoms with Crippen LogP contribution >= 0.6 is 22.7 Å². The SMILES string of the molecule is Cn1c2c(c3sc(CC(=N)/C=C\NCOCC[Si](C)(C)C)nc31)C=NN(CCc1cscn1)C2O. The molecule has 9 nitrogen and oxygen atoms in total. The van der Waals surface area contributed by atoms with Crippen molar-refractivity contribution in [3.8, 4) is 0 Å². The predicted octanol–water partition coefficient (Wildman–Crippen LogP) is 3.95. The lowest BCUT2D eigenvalue weighted by Crippen LogP contribution is -2.31. The zero-order valence-electron chi connectivity index (χ0n) is 20.6. The molecule has 35 heavy (non-hydrogen) atoms. The van der Waals surface area contributed by atoms with Crippen LogP contribution in [0.5, 0.6) is 0 Å². The van der Waals surface area contributed by atoms with Gasteiger partial charge in [0.2, 0.25) is 0 Å². The molecule has 188 valence electrons. The van der Waals surface area contributed by atoms with E-state index in [1.54, 1.807) is 40.0 Å². The molecule has 0 bridgehead atoms. The Bertz CT molecular complexity index is 1210. The Morgan fingerprint density at radius 1 is 1.37 bits per heavy atom. The van der Waals surface area contributed by atoms with Gasteiger partial charge in [-0.1, -0.05) is 19.6 Å². The highest BCUT2D eigenvalue weighted by Crippen LogP contribution is 2.36. The van der Waals surface area contributed by atoms with E-state index in [1.807, 2.05) is 28.7 Å². The van der Waals surface area contributed by atoms with Crippen molar-refractivity contribution in [2.75, 3.05) is 19.9 Å². The molecule has 0 amide bonds. The lowest BCUT2D eigenvalue weighted by molar-refractivity contribution is -0.00344. The van der Waals surface area contributed by atoms with Crippen LogP contribution in [0, 0.1) is 5.41 Å². The van der Waals surface area contributed by atoms with Crippen molar-refractivity contribution in [2.24, 2.45) is 12.1 Å². The smallest absolute Gasteiger partial charge is 0.184 e. The van der Waals surface area contributed by atoms with E-state index in [1.165, 1.54) is 0 Å². The molecule has 12 heteroatoms. The number of thiazole rings is 2. The van der Waals surface area contributed by atoms with Crippen LogP contribution in [0.1, 0.15) is 28.2 Å². The summed E-state index contributed by atoms with van der Waals surface area (Å²) in [6.07, 6.45) is 5.66. The fraction of sp³-hybridized carbons (Fsp3) is 0.478. The number of hydrogen-bond donors (Lipinski definition) is 3. The molecule has 3 aromatic heterocycles. The molecule has 0 saturated carbocycles. The van der Waals surface area contributed by atoms with Crippen molar-refractivity contribution in [1.82, 2.24) is 24.9 Å². The summed E-state index contributed by atoms with van der Waals surface area (Å²) in [5.74, 6) is 0. The first kappa shape index (κ1) is 25.7. The second-order valence-corrected chi connectivity index (χ2v) is 17.2. The number of allylic oxidation sites excluding steroid dienone is 1. The average molecular weight is 532 g/mol. The molecule has 3 aromatic rings. The minimum atomic E-state index is -1.07. The number of fused-ring (bicyclic) bond motifs is 3. The zero-order valence-corrected chi connectivity index (χ0v) is 23.2. The van der Waals surface area contributed by atoms with Gasteiger partial charge in [-0.25, -0.2) is 9.97 Å². The van der Waals surface area contributed by atoms with Crippen LogP contribution in [0.4, 0.5) is 0 Å². The number of aromatic nitrogens is 3.